The van der Waals surface area contributed by atoms with Crippen LogP contribution in [0.15, 0.2) is 4.99 Å². The van der Waals surface area contributed by atoms with Gasteiger partial charge in [-0.05, 0) is 19.8 Å². The van der Waals surface area contributed by atoms with E-state index in [9.17, 15) is 0 Å². The summed E-state index contributed by atoms with van der Waals surface area (Å²) in [6.07, 6.45) is 3.89. The highest BCUT2D eigenvalue weighted by atomic mass is 15.2. The minimum atomic E-state index is 0.407. The van der Waals surface area contributed by atoms with E-state index in [0.717, 1.165) is 6.42 Å². The van der Waals surface area contributed by atoms with E-state index in [1.165, 1.54) is 18.6 Å². The van der Waals surface area contributed by atoms with Crippen molar-refractivity contribution >= 4 is 5.71 Å². The molecular formula is C9H18N2. The summed E-state index contributed by atoms with van der Waals surface area (Å²) in [5.41, 5.74) is 1.34. The standard InChI is InChI=1S/C9H18N2/c1-4-6-9-10-7(3)8(5-2)11-9/h7,9-10H,4-6H2,1-3H3. The number of nitrogens with one attached hydrogen (secondary N) is 1. The third kappa shape index (κ3) is 2.03. The second-order valence-corrected chi connectivity index (χ2v) is 3.17. The van der Waals surface area contributed by atoms with Gasteiger partial charge in [0.2, 0.25) is 0 Å². The largest absolute Gasteiger partial charge is 0.288 e. The Kier molecular flexibility index (Phi) is 3.06. The van der Waals surface area contributed by atoms with Crippen LogP contribution in [0, 0.1) is 0 Å². The molecule has 2 heteroatoms. The third-order valence-electron chi connectivity index (χ3n) is 2.19. The van der Waals surface area contributed by atoms with Gasteiger partial charge >= 0.3 is 0 Å². The molecule has 0 radical (unpaired) electrons. The van der Waals surface area contributed by atoms with E-state index >= 15 is 0 Å². The SMILES string of the molecule is CCCC1N=C(CC)C(C)N1. The molecule has 64 valence electrons. The lowest BCUT2D eigenvalue weighted by Gasteiger charge is -2.08. The fraction of sp³-hybridized carbons (Fsp3) is 0.889. The summed E-state index contributed by atoms with van der Waals surface area (Å²) in [7, 11) is 0. The summed E-state index contributed by atoms with van der Waals surface area (Å²) in [5.74, 6) is 0. The van der Waals surface area contributed by atoms with Crippen molar-refractivity contribution in [3.8, 4) is 0 Å². The van der Waals surface area contributed by atoms with Crippen LogP contribution in [0.4, 0.5) is 0 Å². The molecular weight excluding hydrogens is 136 g/mol. The van der Waals surface area contributed by atoms with Crippen molar-refractivity contribution in [3.05, 3.63) is 0 Å². The van der Waals surface area contributed by atoms with E-state index in [0.29, 0.717) is 12.2 Å². The van der Waals surface area contributed by atoms with Gasteiger partial charge in [0.25, 0.3) is 0 Å². The molecule has 1 heterocycles. The van der Waals surface area contributed by atoms with Crippen LogP contribution in [0.1, 0.15) is 40.0 Å². The molecule has 0 spiro atoms. The first-order chi connectivity index (χ1) is 5.27. The average molecular weight is 154 g/mol. The van der Waals surface area contributed by atoms with E-state index in [1.807, 2.05) is 0 Å². The molecule has 1 rings (SSSR count). The minimum absolute atomic E-state index is 0.407. The highest BCUT2D eigenvalue weighted by Crippen LogP contribution is 2.10. The minimum Gasteiger partial charge on any atom is -0.288 e. The quantitative estimate of drug-likeness (QED) is 0.660. The van der Waals surface area contributed by atoms with Crippen LogP contribution in [0.2, 0.25) is 0 Å². The van der Waals surface area contributed by atoms with Crippen molar-refractivity contribution in [3.63, 3.8) is 0 Å². The predicted molar refractivity (Wildman–Crippen MR) is 49.0 cm³/mol. The molecule has 0 amide bonds. The Morgan fingerprint density at radius 1 is 1.45 bits per heavy atom. The molecule has 1 aliphatic rings. The summed E-state index contributed by atoms with van der Waals surface area (Å²) in [6, 6.07) is 0.511. The van der Waals surface area contributed by atoms with E-state index in [1.54, 1.807) is 0 Å². The van der Waals surface area contributed by atoms with E-state index in [4.69, 9.17) is 0 Å². The Balaban J connectivity index is 2.45. The lowest BCUT2D eigenvalue weighted by Crippen LogP contribution is -2.31. The topological polar surface area (TPSA) is 24.4 Å². The molecule has 1 aliphatic heterocycles. The molecule has 0 aromatic rings. The van der Waals surface area contributed by atoms with E-state index in [2.05, 4.69) is 31.1 Å². The van der Waals surface area contributed by atoms with E-state index in [-0.39, 0.29) is 0 Å². The van der Waals surface area contributed by atoms with Crippen molar-refractivity contribution in [1.82, 2.24) is 5.32 Å². The van der Waals surface area contributed by atoms with Crippen LogP contribution in [-0.4, -0.2) is 17.9 Å². The van der Waals surface area contributed by atoms with Crippen molar-refractivity contribution in [2.24, 2.45) is 4.99 Å². The second kappa shape index (κ2) is 3.86. The van der Waals surface area contributed by atoms with Crippen molar-refractivity contribution in [2.45, 2.75) is 52.2 Å². The Morgan fingerprint density at radius 3 is 2.64 bits per heavy atom. The van der Waals surface area contributed by atoms with Gasteiger partial charge in [-0.1, -0.05) is 20.3 Å². The highest BCUT2D eigenvalue weighted by molar-refractivity contribution is 5.90. The molecule has 0 fully saturated rings. The van der Waals surface area contributed by atoms with Crippen LogP contribution in [0.3, 0.4) is 0 Å². The normalized spacial score (nSPS) is 30.6. The maximum absolute atomic E-state index is 4.58. The zero-order valence-electron chi connectivity index (χ0n) is 7.72. The maximum Gasteiger partial charge on any atom is 0.0999 e. The molecule has 0 aromatic heterocycles. The zero-order valence-corrected chi connectivity index (χ0v) is 7.72. The summed E-state index contributed by atoms with van der Waals surface area (Å²) in [4.78, 5) is 4.58. The Labute approximate surface area is 69.1 Å². The van der Waals surface area contributed by atoms with Crippen LogP contribution in [0.25, 0.3) is 0 Å². The van der Waals surface area contributed by atoms with Crippen molar-refractivity contribution in [1.29, 1.82) is 0 Å². The van der Waals surface area contributed by atoms with Crippen molar-refractivity contribution in [2.75, 3.05) is 0 Å². The monoisotopic (exact) mass is 154 g/mol. The molecule has 1 N–H and O–H groups in total. The first-order valence-electron chi connectivity index (χ1n) is 4.60. The smallest absolute Gasteiger partial charge is 0.0999 e. The van der Waals surface area contributed by atoms with Gasteiger partial charge in [0, 0.05) is 11.8 Å². The molecule has 2 nitrogen and oxygen atoms in total. The number of aliphatic imine (C=N–C) groups is 1. The maximum atomic E-state index is 4.58. The van der Waals surface area contributed by atoms with Gasteiger partial charge < -0.3 is 0 Å². The van der Waals surface area contributed by atoms with Crippen LogP contribution in [-0.2, 0) is 0 Å². The lowest BCUT2D eigenvalue weighted by atomic mass is 10.2. The third-order valence-corrected chi connectivity index (χ3v) is 2.19. The Bertz CT molecular complexity index is 152. The Morgan fingerprint density at radius 2 is 2.18 bits per heavy atom. The summed E-state index contributed by atoms with van der Waals surface area (Å²) < 4.78 is 0. The molecule has 2 atom stereocenters. The average Bonchev–Trinajstić information content (AvgIpc) is 2.32. The molecule has 0 bridgehead atoms. The fourth-order valence-corrected chi connectivity index (χ4v) is 1.55. The molecule has 0 aromatic carbocycles. The first kappa shape index (κ1) is 8.72. The van der Waals surface area contributed by atoms with Crippen molar-refractivity contribution < 1.29 is 0 Å². The van der Waals surface area contributed by atoms with Crippen LogP contribution in [0.5, 0.6) is 0 Å². The summed E-state index contributed by atoms with van der Waals surface area (Å²) in [5, 5.41) is 3.45. The Hall–Kier alpha value is -0.370. The second-order valence-electron chi connectivity index (χ2n) is 3.17. The summed E-state index contributed by atoms with van der Waals surface area (Å²) >= 11 is 0. The van der Waals surface area contributed by atoms with Gasteiger partial charge in [0.05, 0.1) is 6.17 Å². The van der Waals surface area contributed by atoms with Crippen LogP contribution < -0.4 is 5.32 Å². The zero-order chi connectivity index (χ0) is 8.27. The predicted octanol–water partition coefficient (Wildman–Crippen LogP) is 1.96. The molecule has 0 saturated heterocycles. The van der Waals surface area contributed by atoms with E-state index < -0.39 is 0 Å². The number of nitrogens with zero attached hydrogens (tertiary/aromatic N) is 1. The first-order valence-corrected chi connectivity index (χ1v) is 4.60. The number of rotatable bonds is 3. The lowest BCUT2D eigenvalue weighted by molar-refractivity contribution is 0.513. The number of hydrogen-bond donors (Lipinski definition) is 1. The van der Waals surface area contributed by atoms with Gasteiger partial charge in [0.1, 0.15) is 0 Å². The van der Waals surface area contributed by atoms with Gasteiger partial charge in [-0.2, -0.15) is 0 Å². The van der Waals surface area contributed by atoms with Gasteiger partial charge in [-0.15, -0.1) is 0 Å². The molecule has 2 unspecified atom stereocenters. The number of hydrogen-bond acceptors (Lipinski definition) is 2. The molecule has 0 aliphatic carbocycles. The molecule has 0 saturated carbocycles. The van der Waals surface area contributed by atoms with Crippen LogP contribution >= 0.6 is 0 Å². The van der Waals surface area contributed by atoms with Gasteiger partial charge in [-0.25, -0.2) is 0 Å². The van der Waals surface area contributed by atoms with Gasteiger partial charge in [0.15, 0.2) is 0 Å². The summed E-state index contributed by atoms with van der Waals surface area (Å²) in [6.45, 7) is 6.56. The fourth-order valence-electron chi connectivity index (χ4n) is 1.55. The molecule has 11 heavy (non-hydrogen) atoms. The highest BCUT2D eigenvalue weighted by Gasteiger charge is 2.20. The van der Waals surface area contributed by atoms with Gasteiger partial charge in [-0.3, -0.25) is 10.3 Å².